The molecule has 3 nitrogen and oxygen atoms in total. The Labute approximate surface area is 182 Å². The maximum absolute atomic E-state index is 12.8. The maximum atomic E-state index is 12.8. The number of hydrogen-bond acceptors (Lipinski definition) is 3. The number of Topliss-reactive ketones (excluding diaryl/α,β-unsaturated/α-hetero) is 1. The largest absolute Gasteiger partial charge is 0.458 e. The van der Waals surface area contributed by atoms with Gasteiger partial charge in [0.15, 0.2) is 5.78 Å². The minimum Gasteiger partial charge on any atom is -0.458 e. The molecule has 7 unspecified atom stereocenters. The number of rotatable bonds is 4. The van der Waals surface area contributed by atoms with E-state index in [1.807, 2.05) is 0 Å². The lowest BCUT2D eigenvalue weighted by atomic mass is 9.43. The lowest BCUT2D eigenvalue weighted by Gasteiger charge is -2.61. The first-order chi connectivity index (χ1) is 13.9. The van der Waals surface area contributed by atoms with E-state index < -0.39 is 0 Å². The highest BCUT2D eigenvalue weighted by molar-refractivity contribution is 6.15. The monoisotopic (exact) mass is 424 g/mol. The average molecular weight is 425 g/mol. The molecule has 4 fully saturated rings. The van der Waals surface area contributed by atoms with Crippen LogP contribution in [0.4, 0.5) is 0 Å². The van der Waals surface area contributed by atoms with Crippen molar-refractivity contribution >= 4 is 23.4 Å². The minimum atomic E-state index is -0.340. The third-order valence-corrected chi connectivity index (χ3v) is 9.75. The SMILES string of the molecule is CCC12CCCCC1CCC1C3CCC(C(=O)COC(C)=O)C3(C)CCC12.CCl. The van der Waals surface area contributed by atoms with Gasteiger partial charge >= 0.3 is 5.97 Å². The molecule has 0 heterocycles. The van der Waals surface area contributed by atoms with Gasteiger partial charge in [-0.05, 0) is 92.3 Å². The highest BCUT2D eigenvalue weighted by Crippen LogP contribution is 2.68. The van der Waals surface area contributed by atoms with Crippen LogP contribution in [0.5, 0.6) is 0 Å². The number of fused-ring (bicyclic) bond motifs is 5. The number of hydrogen-bond donors (Lipinski definition) is 0. The zero-order valence-electron chi connectivity index (χ0n) is 19.0. The van der Waals surface area contributed by atoms with Crippen molar-refractivity contribution in [3.05, 3.63) is 0 Å². The third-order valence-electron chi connectivity index (χ3n) is 9.75. The molecule has 29 heavy (non-hydrogen) atoms. The van der Waals surface area contributed by atoms with Crippen LogP contribution in [0.1, 0.15) is 91.4 Å². The normalized spacial score (nSPS) is 43.1. The first-order valence-electron chi connectivity index (χ1n) is 12.0. The molecule has 7 atom stereocenters. The molecule has 4 rings (SSSR count). The summed E-state index contributed by atoms with van der Waals surface area (Å²) in [6, 6.07) is 0. The van der Waals surface area contributed by atoms with E-state index >= 15 is 0 Å². The smallest absolute Gasteiger partial charge is 0.303 e. The third kappa shape index (κ3) is 3.90. The van der Waals surface area contributed by atoms with Crippen LogP contribution < -0.4 is 0 Å². The van der Waals surface area contributed by atoms with Crippen molar-refractivity contribution in [1.29, 1.82) is 0 Å². The number of ether oxygens (including phenoxy) is 1. The van der Waals surface area contributed by atoms with E-state index in [0.717, 1.165) is 24.2 Å². The molecule has 0 saturated heterocycles. The topological polar surface area (TPSA) is 43.4 Å². The van der Waals surface area contributed by atoms with Crippen LogP contribution in [0.2, 0.25) is 0 Å². The van der Waals surface area contributed by atoms with E-state index in [1.54, 1.807) is 0 Å². The maximum Gasteiger partial charge on any atom is 0.303 e. The summed E-state index contributed by atoms with van der Waals surface area (Å²) in [5.74, 6) is 3.31. The summed E-state index contributed by atoms with van der Waals surface area (Å²) >= 11 is 4.64. The molecule has 4 saturated carbocycles. The summed E-state index contributed by atoms with van der Waals surface area (Å²) in [7, 11) is 0. The van der Waals surface area contributed by atoms with Crippen LogP contribution in [-0.4, -0.2) is 24.7 Å². The Morgan fingerprint density at radius 1 is 0.966 bits per heavy atom. The molecule has 4 heteroatoms. The number of ketones is 1. The Balaban J connectivity index is 0.00000117. The van der Waals surface area contributed by atoms with E-state index in [0.29, 0.717) is 11.3 Å². The molecule has 4 aliphatic rings. The van der Waals surface area contributed by atoms with Gasteiger partial charge in [0.25, 0.3) is 0 Å². The Morgan fingerprint density at radius 2 is 1.72 bits per heavy atom. The van der Waals surface area contributed by atoms with Crippen LogP contribution in [0, 0.1) is 40.4 Å². The minimum absolute atomic E-state index is 0.0165. The second-order valence-corrected chi connectivity index (χ2v) is 10.4. The zero-order chi connectivity index (χ0) is 21.2. The van der Waals surface area contributed by atoms with Gasteiger partial charge in [0.2, 0.25) is 0 Å². The van der Waals surface area contributed by atoms with Gasteiger partial charge in [-0.3, -0.25) is 9.59 Å². The molecule has 0 N–H and O–H groups in total. The average Bonchev–Trinajstić information content (AvgIpc) is 3.10. The zero-order valence-corrected chi connectivity index (χ0v) is 19.7. The molecule has 0 bridgehead atoms. The molecule has 0 aromatic carbocycles. The predicted octanol–water partition coefficient (Wildman–Crippen LogP) is 6.41. The van der Waals surface area contributed by atoms with Crippen molar-refractivity contribution in [3.8, 4) is 0 Å². The van der Waals surface area contributed by atoms with E-state index in [9.17, 15) is 9.59 Å². The molecule has 0 radical (unpaired) electrons. The van der Waals surface area contributed by atoms with Gasteiger partial charge in [0.05, 0.1) is 0 Å². The van der Waals surface area contributed by atoms with Crippen LogP contribution in [0.15, 0.2) is 0 Å². The summed E-state index contributed by atoms with van der Waals surface area (Å²) in [5, 5.41) is 0. The van der Waals surface area contributed by atoms with Gasteiger partial charge in [0.1, 0.15) is 6.61 Å². The molecule has 0 aliphatic heterocycles. The number of alkyl halides is 1. The van der Waals surface area contributed by atoms with Gasteiger partial charge in [-0.1, -0.05) is 26.7 Å². The molecule has 0 spiro atoms. The summed E-state index contributed by atoms with van der Waals surface area (Å²) in [6.07, 6.45) is 16.2. The van der Waals surface area contributed by atoms with Crippen molar-refractivity contribution in [2.24, 2.45) is 40.4 Å². The first kappa shape index (κ1) is 23.1. The highest BCUT2D eigenvalue weighted by Gasteiger charge is 2.61. The van der Waals surface area contributed by atoms with E-state index in [-0.39, 0.29) is 29.7 Å². The van der Waals surface area contributed by atoms with Crippen molar-refractivity contribution in [2.75, 3.05) is 13.0 Å². The molecule has 0 amide bonds. The summed E-state index contributed by atoms with van der Waals surface area (Å²) in [5.41, 5.74) is 0.733. The molecule has 4 aliphatic carbocycles. The van der Waals surface area contributed by atoms with E-state index in [2.05, 4.69) is 25.4 Å². The fourth-order valence-electron chi connectivity index (χ4n) is 8.58. The quantitative estimate of drug-likeness (QED) is 0.386. The highest BCUT2D eigenvalue weighted by atomic mass is 35.5. The van der Waals surface area contributed by atoms with Crippen molar-refractivity contribution in [1.82, 2.24) is 0 Å². The number of carbonyl (C=O) groups excluding carboxylic acids is 2. The summed E-state index contributed by atoms with van der Waals surface area (Å²) < 4.78 is 5.06. The molecule has 0 aromatic heterocycles. The predicted molar refractivity (Wildman–Crippen MR) is 118 cm³/mol. The van der Waals surface area contributed by atoms with Crippen molar-refractivity contribution in [2.45, 2.75) is 91.4 Å². The van der Waals surface area contributed by atoms with Crippen LogP contribution in [0.3, 0.4) is 0 Å². The Bertz CT molecular complexity index is 605. The second-order valence-electron chi connectivity index (χ2n) is 10.4. The fraction of sp³-hybridized carbons (Fsp3) is 0.920. The number of esters is 1. The molecule has 166 valence electrons. The van der Waals surface area contributed by atoms with Gasteiger partial charge < -0.3 is 4.74 Å². The second kappa shape index (κ2) is 9.28. The first-order valence-corrected chi connectivity index (χ1v) is 12.7. The van der Waals surface area contributed by atoms with Crippen LogP contribution in [-0.2, 0) is 14.3 Å². The molecule has 0 aromatic rings. The van der Waals surface area contributed by atoms with Crippen molar-refractivity contribution in [3.63, 3.8) is 0 Å². The van der Waals surface area contributed by atoms with Crippen molar-refractivity contribution < 1.29 is 14.3 Å². The summed E-state index contributed by atoms with van der Waals surface area (Å²) in [6.45, 7) is 6.22. The van der Waals surface area contributed by atoms with Crippen LogP contribution in [0.25, 0.3) is 0 Å². The number of halogens is 1. The van der Waals surface area contributed by atoms with E-state index in [4.69, 9.17) is 4.74 Å². The van der Waals surface area contributed by atoms with Gasteiger partial charge in [-0.15, -0.1) is 11.6 Å². The number of carbonyl (C=O) groups is 2. The molecular weight excluding hydrogens is 384 g/mol. The standard InChI is InChI=1S/C24H38O3.CH3Cl/c1-4-24-13-6-5-7-17(24)8-9-18-19-10-11-21(22(26)15-27-16(2)25)23(19,3)14-12-20(18)24;1-2/h17-21H,4-15H2,1-3H3;1H3. The van der Waals surface area contributed by atoms with Gasteiger partial charge in [-0.2, -0.15) is 0 Å². The van der Waals surface area contributed by atoms with Crippen LogP contribution >= 0.6 is 11.6 Å². The lowest BCUT2D eigenvalue weighted by Crippen LogP contribution is -2.54. The summed E-state index contributed by atoms with van der Waals surface area (Å²) in [4.78, 5) is 24.0. The molecular formula is C25H41ClO3. The Hall–Kier alpha value is -0.570. The Morgan fingerprint density at radius 3 is 2.41 bits per heavy atom. The lowest BCUT2D eigenvalue weighted by molar-refractivity contribution is -0.151. The fourth-order valence-corrected chi connectivity index (χ4v) is 8.58. The Kier molecular flexibility index (Phi) is 7.40. The van der Waals surface area contributed by atoms with E-state index in [1.165, 1.54) is 77.5 Å². The van der Waals surface area contributed by atoms with Gasteiger partial charge in [0, 0.05) is 19.2 Å². The van der Waals surface area contributed by atoms with Gasteiger partial charge in [-0.25, -0.2) is 0 Å².